The summed E-state index contributed by atoms with van der Waals surface area (Å²) in [7, 11) is 1.53. The van der Waals surface area contributed by atoms with Gasteiger partial charge in [0.1, 0.15) is 12.4 Å². The normalized spacial score (nSPS) is 11.1. The number of methoxy groups -OCH3 is 1. The van der Waals surface area contributed by atoms with Gasteiger partial charge in [0.25, 0.3) is 5.91 Å². The molecule has 9 heteroatoms. The lowest BCUT2D eigenvalue weighted by atomic mass is 10.1. The minimum absolute atomic E-state index is 0.0302. The minimum Gasteiger partial charge on any atom is -0.493 e. The zero-order valence-corrected chi connectivity index (χ0v) is 18.6. The molecule has 3 aromatic carbocycles. The lowest BCUT2D eigenvalue weighted by Gasteiger charge is -2.15. The number of para-hydroxylation sites is 2. The summed E-state index contributed by atoms with van der Waals surface area (Å²) in [6.07, 6.45) is -4.64. The number of rotatable bonds is 8. The van der Waals surface area contributed by atoms with Crippen molar-refractivity contribution in [1.82, 2.24) is 0 Å². The Labute approximate surface area is 194 Å². The second-order valence-corrected chi connectivity index (χ2v) is 7.25. The van der Waals surface area contributed by atoms with Crippen molar-refractivity contribution in [3.05, 3.63) is 82.4 Å². The molecule has 0 heterocycles. The van der Waals surface area contributed by atoms with E-state index in [9.17, 15) is 18.0 Å². The van der Waals surface area contributed by atoms with Crippen LogP contribution < -0.4 is 19.5 Å². The summed E-state index contributed by atoms with van der Waals surface area (Å²) in [5.41, 5.74) is -0.250. The van der Waals surface area contributed by atoms with Gasteiger partial charge in [0, 0.05) is 16.8 Å². The monoisotopic (exact) mass is 479 g/mol. The molecule has 0 atom stereocenters. The molecule has 0 radical (unpaired) electrons. The van der Waals surface area contributed by atoms with Crippen molar-refractivity contribution >= 4 is 23.2 Å². The third-order valence-electron chi connectivity index (χ3n) is 4.60. The summed E-state index contributed by atoms with van der Waals surface area (Å²) in [4.78, 5) is 12.7. The van der Waals surface area contributed by atoms with E-state index in [0.29, 0.717) is 29.4 Å². The number of hydrogen-bond acceptors (Lipinski definition) is 4. The smallest absolute Gasteiger partial charge is 0.417 e. The number of halogens is 4. The summed E-state index contributed by atoms with van der Waals surface area (Å²) in [6.45, 7) is 2.30. The van der Waals surface area contributed by atoms with E-state index in [-0.39, 0.29) is 17.9 Å². The fourth-order valence-corrected chi connectivity index (χ4v) is 3.27. The summed E-state index contributed by atoms with van der Waals surface area (Å²) < 4.78 is 56.0. The molecule has 0 bridgehead atoms. The molecule has 0 spiro atoms. The highest BCUT2D eigenvalue weighted by Gasteiger charge is 2.33. The van der Waals surface area contributed by atoms with Crippen molar-refractivity contribution in [1.29, 1.82) is 0 Å². The van der Waals surface area contributed by atoms with Crippen LogP contribution in [0.1, 0.15) is 28.4 Å². The highest BCUT2D eigenvalue weighted by molar-refractivity contribution is 6.31. The fourth-order valence-electron chi connectivity index (χ4n) is 3.05. The molecule has 0 fully saturated rings. The number of benzene rings is 3. The molecule has 33 heavy (non-hydrogen) atoms. The molecular weight excluding hydrogens is 459 g/mol. The second-order valence-electron chi connectivity index (χ2n) is 6.84. The van der Waals surface area contributed by atoms with Crippen molar-refractivity contribution in [2.75, 3.05) is 19.0 Å². The van der Waals surface area contributed by atoms with Crippen molar-refractivity contribution in [3.63, 3.8) is 0 Å². The van der Waals surface area contributed by atoms with Crippen LogP contribution in [0.5, 0.6) is 17.2 Å². The maximum absolute atomic E-state index is 13.1. The first-order valence-corrected chi connectivity index (χ1v) is 10.3. The van der Waals surface area contributed by atoms with E-state index in [4.69, 9.17) is 25.8 Å². The van der Waals surface area contributed by atoms with E-state index in [1.807, 2.05) is 13.0 Å². The summed E-state index contributed by atoms with van der Waals surface area (Å²) >= 11 is 5.64. The van der Waals surface area contributed by atoms with Gasteiger partial charge in [0.2, 0.25) is 0 Å². The van der Waals surface area contributed by atoms with Crippen LogP contribution in [-0.2, 0) is 12.8 Å². The predicted molar refractivity (Wildman–Crippen MR) is 119 cm³/mol. The maximum atomic E-state index is 13.1. The summed E-state index contributed by atoms with van der Waals surface area (Å²) in [6, 6.07) is 15.0. The Kier molecular flexibility index (Phi) is 7.71. The van der Waals surface area contributed by atoms with Gasteiger partial charge in [0.05, 0.1) is 24.3 Å². The van der Waals surface area contributed by atoms with Crippen molar-refractivity contribution < 1.29 is 32.2 Å². The highest BCUT2D eigenvalue weighted by Crippen LogP contribution is 2.36. The SMILES string of the molecule is CCOc1ccc(C(=O)Nc2ccc(Cl)c(C(F)(F)F)c2)cc1COc1ccccc1OC. The minimum atomic E-state index is -4.64. The number of ether oxygens (including phenoxy) is 3. The third kappa shape index (κ3) is 6.10. The topological polar surface area (TPSA) is 56.8 Å². The second kappa shape index (κ2) is 10.5. The molecule has 0 saturated carbocycles. The first-order chi connectivity index (χ1) is 15.7. The Morgan fingerprint density at radius 1 is 0.970 bits per heavy atom. The molecule has 174 valence electrons. The van der Waals surface area contributed by atoms with E-state index in [1.54, 1.807) is 30.3 Å². The number of hydrogen-bond donors (Lipinski definition) is 1. The van der Waals surface area contributed by atoms with E-state index in [1.165, 1.54) is 19.2 Å². The molecular formula is C24H21ClF3NO4. The summed E-state index contributed by atoms with van der Waals surface area (Å²) in [5, 5.41) is 2.02. The predicted octanol–water partition coefficient (Wildman–Crippen LogP) is 6.60. The van der Waals surface area contributed by atoms with E-state index < -0.39 is 22.7 Å². The molecule has 0 aliphatic rings. The zero-order valence-electron chi connectivity index (χ0n) is 17.8. The largest absolute Gasteiger partial charge is 0.493 e. The lowest BCUT2D eigenvalue weighted by Crippen LogP contribution is -2.14. The van der Waals surface area contributed by atoms with E-state index >= 15 is 0 Å². The van der Waals surface area contributed by atoms with Crippen LogP contribution in [0.3, 0.4) is 0 Å². The summed E-state index contributed by atoms with van der Waals surface area (Å²) in [5.74, 6) is 0.993. The molecule has 3 rings (SSSR count). The molecule has 0 aromatic heterocycles. The van der Waals surface area contributed by atoms with Crippen LogP contribution in [0.4, 0.5) is 18.9 Å². The van der Waals surface area contributed by atoms with E-state index in [0.717, 1.165) is 12.1 Å². The fraction of sp³-hybridized carbons (Fsp3) is 0.208. The number of nitrogens with one attached hydrogen (secondary N) is 1. The number of amides is 1. The standard InChI is InChI=1S/C24H21ClF3NO4/c1-3-32-20-11-8-15(12-16(20)14-33-22-7-5-4-6-21(22)31-2)23(30)29-17-9-10-19(25)18(13-17)24(26,27)28/h4-13H,3,14H2,1-2H3,(H,29,30). The number of carbonyl (C=O) groups is 1. The van der Waals surface area contributed by atoms with Gasteiger partial charge in [0.15, 0.2) is 11.5 Å². The number of anilines is 1. The van der Waals surface area contributed by atoms with Gasteiger partial charge >= 0.3 is 6.18 Å². The maximum Gasteiger partial charge on any atom is 0.417 e. The van der Waals surface area contributed by atoms with Crippen molar-refractivity contribution in [2.24, 2.45) is 0 Å². The average Bonchev–Trinajstić information content (AvgIpc) is 2.79. The van der Waals surface area contributed by atoms with Gasteiger partial charge in [-0.3, -0.25) is 4.79 Å². The molecule has 3 aromatic rings. The van der Waals surface area contributed by atoms with Crippen molar-refractivity contribution in [3.8, 4) is 17.2 Å². The van der Waals surface area contributed by atoms with Crippen molar-refractivity contribution in [2.45, 2.75) is 19.7 Å². The highest BCUT2D eigenvalue weighted by atomic mass is 35.5. The Bertz CT molecular complexity index is 1130. The lowest BCUT2D eigenvalue weighted by molar-refractivity contribution is -0.137. The van der Waals surface area contributed by atoms with Crippen LogP contribution >= 0.6 is 11.6 Å². The molecule has 0 unspecified atom stereocenters. The van der Waals surface area contributed by atoms with Crippen LogP contribution in [0, 0.1) is 0 Å². The number of alkyl halides is 3. The zero-order chi connectivity index (χ0) is 24.0. The average molecular weight is 480 g/mol. The van der Waals surface area contributed by atoms with Gasteiger partial charge in [-0.25, -0.2) is 0 Å². The van der Waals surface area contributed by atoms with Gasteiger partial charge in [-0.05, 0) is 55.5 Å². The third-order valence-corrected chi connectivity index (χ3v) is 4.93. The van der Waals surface area contributed by atoms with Gasteiger partial charge in [-0.2, -0.15) is 13.2 Å². The quantitative estimate of drug-likeness (QED) is 0.395. The Balaban J connectivity index is 1.83. The first kappa shape index (κ1) is 24.3. The van der Waals surface area contributed by atoms with Crippen LogP contribution in [0.15, 0.2) is 60.7 Å². The number of carbonyl (C=O) groups excluding carboxylic acids is 1. The Morgan fingerprint density at radius 3 is 2.36 bits per heavy atom. The molecule has 1 amide bonds. The van der Waals surface area contributed by atoms with Crippen LogP contribution in [0.2, 0.25) is 5.02 Å². The molecule has 0 aliphatic heterocycles. The van der Waals surface area contributed by atoms with E-state index in [2.05, 4.69) is 5.32 Å². The van der Waals surface area contributed by atoms with Gasteiger partial charge in [-0.15, -0.1) is 0 Å². The van der Waals surface area contributed by atoms with Crippen LogP contribution in [-0.4, -0.2) is 19.6 Å². The molecule has 1 N–H and O–H groups in total. The molecule has 5 nitrogen and oxygen atoms in total. The molecule has 0 saturated heterocycles. The molecule has 0 aliphatic carbocycles. The van der Waals surface area contributed by atoms with Gasteiger partial charge < -0.3 is 19.5 Å². The van der Waals surface area contributed by atoms with Gasteiger partial charge in [-0.1, -0.05) is 23.7 Å². The van der Waals surface area contributed by atoms with Crippen LogP contribution in [0.25, 0.3) is 0 Å². The Hall–Kier alpha value is -3.39. The Morgan fingerprint density at radius 2 is 1.70 bits per heavy atom. The first-order valence-electron chi connectivity index (χ1n) is 9.92.